The van der Waals surface area contributed by atoms with Gasteiger partial charge in [-0.2, -0.15) is 10.2 Å². The van der Waals surface area contributed by atoms with Crippen molar-refractivity contribution in [1.82, 2.24) is 15.5 Å². The summed E-state index contributed by atoms with van der Waals surface area (Å²) in [6.07, 6.45) is 1.11. The molecule has 1 aromatic carbocycles. The Morgan fingerprint density at radius 1 is 1.11 bits per heavy atom. The zero-order valence-corrected chi connectivity index (χ0v) is 11.9. The number of benzene rings is 1. The smallest absolute Gasteiger partial charge is 0.0651 e. The summed E-state index contributed by atoms with van der Waals surface area (Å²) < 4.78 is 0. The average molecular weight is 255 g/mol. The van der Waals surface area contributed by atoms with Crippen LogP contribution < -0.4 is 5.32 Å². The van der Waals surface area contributed by atoms with E-state index in [9.17, 15) is 0 Å². The van der Waals surface area contributed by atoms with Crippen LogP contribution in [0.4, 0.5) is 0 Å². The fourth-order valence-corrected chi connectivity index (χ4v) is 2.20. The van der Waals surface area contributed by atoms with Crippen molar-refractivity contribution in [2.45, 2.75) is 33.2 Å². The molecule has 0 aliphatic carbocycles. The van der Waals surface area contributed by atoms with Crippen molar-refractivity contribution in [2.24, 2.45) is 0 Å². The number of aromatic nitrogens is 2. The molecule has 1 N–H and O–H groups in total. The molecule has 1 atom stereocenters. The zero-order chi connectivity index (χ0) is 13.7. The molecule has 0 spiro atoms. The van der Waals surface area contributed by atoms with Gasteiger partial charge in [-0.05, 0) is 44.0 Å². The molecule has 0 saturated carbocycles. The highest BCUT2D eigenvalue weighted by Gasteiger charge is 2.16. The van der Waals surface area contributed by atoms with E-state index >= 15 is 0 Å². The Morgan fingerprint density at radius 3 is 2.53 bits per heavy atom. The first kappa shape index (κ1) is 13.7. The summed E-state index contributed by atoms with van der Waals surface area (Å²) in [5.74, 6) is 0. The van der Waals surface area contributed by atoms with E-state index in [1.165, 1.54) is 11.1 Å². The standard InChI is InChI=1S/C16H21N3/c1-4-10-17-16(14-8-6-5-7-9-14)15-11-12(2)18-19-13(15)3/h5-9,11,16-17H,4,10H2,1-3H3. The molecule has 100 valence electrons. The van der Waals surface area contributed by atoms with Gasteiger partial charge >= 0.3 is 0 Å². The Kier molecular flexibility index (Phi) is 4.63. The van der Waals surface area contributed by atoms with Gasteiger partial charge in [0.15, 0.2) is 0 Å². The highest BCUT2D eigenvalue weighted by molar-refractivity contribution is 5.34. The third-order valence-electron chi connectivity index (χ3n) is 3.18. The summed E-state index contributed by atoms with van der Waals surface area (Å²) in [6.45, 7) is 7.17. The third-order valence-corrected chi connectivity index (χ3v) is 3.18. The highest BCUT2D eigenvalue weighted by atomic mass is 15.1. The van der Waals surface area contributed by atoms with E-state index in [0.29, 0.717) is 0 Å². The average Bonchev–Trinajstić information content (AvgIpc) is 2.44. The summed E-state index contributed by atoms with van der Waals surface area (Å²) in [5.41, 5.74) is 4.43. The maximum atomic E-state index is 4.24. The van der Waals surface area contributed by atoms with Gasteiger partial charge in [0.05, 0.1) is 17.4 Å². The largest absolute Gasteiger partial charge is 0.306 e. The molecule has 19 heavy (non-hydrogen) atoms. The molecule has 0 amide bonds. The fourth-order valence-electron chi connectivity index (χ4n) is 2.20. The number of hydrogen-bond donors (Lipinski definition) is 1. The van der Waals surface area contributed by atoms with E-state index in [1.54, 1.807) is 0 Å². The van der Waals surface area contributed by atoms with Crippen molar-refractivity contribution in [1.29, 1.82) is 0 Å². The molecule has 1 aromatic heterocycles. The van der Waals surface area contributed by atoms with E-state index in [-0.39, 0.29) is 6.04 Å². The summed E-state index contributed by atoms with van der Waals surface area (Å²) >= 11 is 0. The quantitative estimate of drug-likeness (QED) is 0.891. The minimum Gasteiger partial charge on any atom is -0.306 e. The van der Waals surface area contributed by atoms with Gasteiger partial charge in [0, 0.05) is 0 Å². The Bertz CT molecular complexity index is 523. The van der Waals surface area contributed by atoms with Crippen LogP contribution in [0.25, 0.3) is 0 Å². The molecule has 0 radical (unpaired) electrons. The molecule has 2 rings (SSSR count). The monoisotopic (exact) mass is 255 g/mol. The third kappa shape index (κ3) is 3.38. The van der Waals surface area contributed by atoms with Crippen LogP contribution in [-0.2, 0) is 0 Å². The predicted molar refractivity (Wildman–Crippen MR) is 78.1 cm³/mol. The number of hydrogen-bond acceptors (Lipinski definition) is 3. The van der Waals surface area contributed by atoms with Crippen molar-refractivity contribution < 1.29 is 0 Å². The Balaban J connectivity index is 2.40. The summed E-state index contributed by atoms with van der Waals surface area (Å²) in [4.78, 5) is 0. The second-order valence-corrected chi connectivity index (χ2v) is 4.82. The lowest BCUT2D eigenvalue weighted by molar-refractivity contribution is 0.591. The SMILES string of the molecule is CCCNC(c1ccccc1)c1cc(C)nnc1C. The highest BCUT2D eigenvalue weighted by Crippen LogP contribution is 2.24. The van der Waals surface area contributed by atoms with Crippen molar-refractivity contribution in [3.8, 4) is 0 Å². The lowest BCUT2D eigenvalue weighted by Gasteiger charge is -2.21. The molecule has 0 aliphatic rings. The van der Waals surface area contributed by atoms with E-state index in [4.69, 9.17) is 0 Å². The topological polar surface area (TPSA) is 37.8 Å². The number of aryl methyl sites for hydroxylation is 2. The first-order valence-electron chi connectivity index (χ1n) is 6.81. The van der Waals surface area contributed by atoms with Crippen LogP contribution in [0.15, 0.2) is 36.4 Å². The van der Waals surface area contributed by atoms with E-state index in [0.717, 1.165) is 24.4 Å². The van der Waals surface area contributed by atoms with E-state index < -0.39 is 0 Å². The van der Waals surface area contributed by atoms with E-state index in [2.05, 4.69) is 52.8 Å². The Morgan fingerprint density at radius 2 is 1.84 bits per heavy atom. The number of nitrogens with zero attached hydrogens (tertiary/aromatic N) is 2. The van der Waals surface area contributed by atoms with Gasteiger partial charge in [-0.1, -0.05) is 37.3 Å². The molecule has 0 aliphatic heterocycles. The van der Waals surface area contributed by atoms with Crippen LogP contribution in [0.3, 0.4) is 0 Å². The van der Waals surface area contributed by atoms with Gasteiger partial charge in [-0.15, -0.1) is 0 Å². The second kappa shape index (κ2) is 6.43. The molecular weight excluding hydrogens is 234 g/mol. The number of nitrogens with one attached hydrogen (secondary N) is 1. The van der Waals surface area contributed by atoms with Crippen LogP contribution in [0.1, 0.15) is 41.9 Å². The minimum absolute atomic E-state index is 0.190. The summed E-state index contributed by atoms with van der Waals surface area (Å²) in [6, 6.07) is 12.8. The lowest BCUT2D eigenvalue weighted by atomic mass is 9.97. The normalized spacial score (nSPS) is 12.4. The molecule has 2 aromatic rings. The van der Waals surface area contributed by atoms with Crippen LogP contribution >= 0.6 is 0 Å². The maximum Gasteiger partial charge on any atom is 0.0651 e. The zero-order valence-electron chi connectivity index (χ0n) is 11.9. The number of rotatable bonds is 5. The fraction of sp³-hybridized carbons (Fsp3) is 0.375. The molecule has 0 saturated heterocycles. The van der Waals surface area contributed by atoms with Crippen molar-refractivity contribution in [3.63, 3.8) is 0 Å². The van der Waals surface area contributed by atoms with E-state index in [1.807, 2.05) is 19.9 Å². The summed E-state index contributed by atoms with van der Waals surface area (Å²) in [5, 5.41) is 12.0. The molecule has 0 fully saturated rings. The maximum absolute atomic E-state index is 4.24. The van der Waals surface area contributed by atoms with Gasteiger partial charge in [-0.25, -0.2) is 0 Å². The van der Waals surface area contributed by atoms with Gasteiger partial charge < -0.3 is 5.32 Å². The Labute approximate surface area is 115 Å². The van der Waals surface area contributed by atoms with Crippen molar-refractivity contribution >= 4 is 0 Å². The molecule has 3 nitrogen and oxygen atoms in total. The van der Waals surface area contributed by atoms with Crippen LogP contribution in [0, 0.1) is 13.8 Å². The molecule has 0 bridgehead atoms. The first-order chi connectivity index (χ1) is 9.22. The second-order valence-electron chi connectivity index (χ2n) is 4.82. The van der Waals surface area contributed by atoms with Gasteiger partial charge in [0.2, 0.25) is 0 Å². The van der Waals surface area contributed by atoms with Crippen LogP contribution in [0.2, 0.25) is 0 Å². The molecule has 3 heteroatoms. The minimum atomic E-state index is 0.190. The first-order valence-corrected chi connectivity index (χ1v) is 6.81. The van der Waals surface area contributed by atoms with Crippen LogP contribution in [-0.4, -0.2) is 16.7 Å². The summed E-state index contributed by atoms with van der Waals surface area (Å²) in [7, 11) is 0. The Hall–Kier alpha value is -1.74. The van der Waals surface area contributed by atoms with Gasteiger partial charge in [0.25, 0.3) is 0 Å². The molecular formula is C16H21N3. The lowest BCUT2D eigenvalue weighted by Crippen LogP contribution is -2.24. The van der Waals surface area contributed by atoms with Gasteiger partial charge in [-0.3, -0.25) is 0 Å². The van der Waals surface area contributed by atoms with Crippen molar-refractivity contribution in [3.05, 3.63) is 58.9 Å². The molecule has 1 heterocycles. The predicted octanol–water partition coefficient (Wildman–Crippen LogP) is 3.18. The van der Waals surface area contributed by atoms with Crippen molar-refractivity contribution in [2.75, 3.05) is 6.54 Å². The van der Waals surface area contributed by atoms with Crippen LogP contribution in [0.5, 0.6) is 0 Å². The van der Waals surface area contributed by atoms with Gasteiger partial charge in [0.1, 0.15) is 0 Å². The molecule has 1 unspecified atom stereocenters.